The zero-order chi connectivity index (χ0) is 13.6. The minimum absolute atomic E-state index is 0.277. The van der Waals surface area contributed by atoms with Gasteiger partial charge in [-0.25, -0.2) is 4.39 Å². The molecule has 0 aliphatic carbocycles. The van der Waals surface area contributed by atoms with Crippen LogP contribution in [0.15, 0.2) is 22.7 Å². The molecule has 0 aromatic heterocycles. The average Bonchev–Trinajstić information content (AvgIpc) is 2.32. The molecule has 0 fully saturated rings. The van der Waals surface area contributed by atoms with Gasteiger partial charge in [-0.3, -0.25) is 0 Å². The molecule has 0 spiro atoms. The largest absolute Gasteiger partial charge is 0.389 e. The van der Waals surface area contributed by atoms with E-state index in [0.29, 0.717) is 30.6 Å². The highest BCUT2D eigenvalue weighted by Gasteiger charge is 2.19. The van der Waals surface area contributed by atoms with Gasteiger partial charge in [0.25, 0.3) is 0 Å². The number of nitrogens with one attached hydrogen (secondary N) is 1. The Kier molecular flexibility index (Phi) is 6.21. The zero-order valence-electron chi connectivity index (χ0n) is 10.7. The van der Waals surface area contributed by atoms with Crippen LogP contribution in [0, 0.1) is 5.82 Å². The molecule has 5 heteroatoms. The Morgan fingerprint density at radius 2 is 2.22 bits per heavy atom. The minimum atomic E-state index is -0.824. The van der Waals surface area contributed by atoms with Crippen LogP contribution in [-0.4, -0.2) is 31.0 Å². The molecule has 1 rings (SSSR count). The fraction of sp³-hybridized carbons (Fsp3) is 0.538. The van der Waals surface area contributed by atoms with Gasteiger partial charge in [0.2, 0.25) is 0 Å². The van der Waals surface area contributed by atoms with E-state index in [1.807, 2.05) is 6.07 Å². The molecule has 102 valence electrons. The number of ether oxygens (including phenoxy) is 1. The van der Waals surface area contributed by atoms with Gasteiger partial charge in [0.05, 0.1) is 10.1 Å². The van der Waals surface area contributed by atoms with Crippen LogP contribution in [-0.2, 0) is 11.3 Å². The molecular weight excluding hydrogens is 301 g/mol. The van der Waals surface area contributed by atoms with Gasteiger partial charge in [-0.15, -0.1) is 0 Å². The molecule has 1 unspecified atom stereocenters. The van der Waals surface area contributed by atoms with E-state index in [2.05, 4.69) is 21.2 Å². The van der Waals surface area contributed by atoms with Crippen LogP contribution in [0.5, 0.6) is 0 Å². The van der Waals surface area contributed by atoms with Crippen LogP contribution >= 0.6 is 15.9 Å². The van der Waals surface area contributed by atoms with Gasteiger partial charge >= 0.3 is 0 Å². The highest BCUT2D eigenvalue weighted by atomic mass is 79.9. The third-order valence-corrected chi connectivity index (χ3v) is 3.59. The summed E-state index contributed by atoms with van der Waals surface area (Å²) in [5.74, 6) is -0.277. The molecule has 1 atom stereocenters. The van der Waals surface area contributed by atoms with E-state index < -0.39 is 5.60 Å². The molecule has 0 radical (unpaired) electrons. The predicted molar refractivity (Wildman–Crippen MR) is 72.9 cm³/mol. The molecule has 0 heterocycles. The highest BCUT2D eigenvalue weighted by molar-refractivity contribution is 9.10. The predicted octanol–water partition coefficient (Wildman–Crippen LogP) is 2.47. The van der Waals surface area contributed by atoms with Gasteiger partial charge in [-0.05, 0) is 34.5 Å². The van der Waals surface area contributed by atoms with Crippen LogP contribution in [0.4, 0.5) is 4.39 Å². The summed E-state index contributed by atoms with van der Waals surface area (Å²) < 4.78 is 18.7. The first-order chi connectivity index (χ1) is 8.46. The lowest BCUT2D eigenvalue weighted by atomic mass is 10.0. The second kappa shape index (κ2) is 7.19. The van der Waals surface area contributed by atoms with Crippen molar-refractivity contribution in [3.05, 3.63) is 34.1 Å². The van der Waals surface area contributed by atoms with Crippen molar-refractivity contribution >= 4 is 15.9 Å². The van der Waals surface area contributed by atoms with E-state index in [1.165, 1.54) is 6.07 Å². The van der Waals surface area contributed by atoms with Crippen LogP contribution in [0.25, 0.3) is 0 Å². The van der Waals surface area contributed by atoms with E-state index in [4.69, 9.17) is 4.74 Å². The molecule has 0 saturated carbocycles. The molecule has 0 bridgehead atoms. The van der Waals surface area contributed by atoms with Crippen molar-refractivity contribution in [3.8, 4) is 0 Å². The summed E-state index contributed by atoms with van der Waals surface area (Å²) in [6.07, 6.45) is 0.556. The maximum atomic E-state index is 13.3. The Morgan fingerprint density at radius 1 is 1.50 bits per heavy atom. The summed E-state index contributed by atoms with van der Waals surface area (Å²) in [5.41, 5.74) is 0.00746. The standard InChI is InChI=1S/C13H19BrFNO2/c1-13(17,6-7-18-2)9-16-8-10-4-3-5-11(15)12(10)14/h3-5,16-17H,6-9H2,1-2H3. The first-order valence-electron chi connectivity index (χ1n) is 5.81. The Bertz CT molecular complexity index is 385. The lowest BCUT2D eigenvalue weighted by Crippen LogP contribution is -2.38. The molecule has 18 heavy (non-hydrogen) atoms. The van der Waals surface area contributed by atoms with E-state index in [0.717, 1.165) is 5.56 Å². The summed E-state index contributed by atoms with van der Waals surface area (Å²) in [7, 11) is 1.60. The second-order valence-electron chi connectivity index (χ2n) is 4.56. The van der Waals surface area contributed by atoms with Gasteiger partial charge in [-0.2, -0.15) is 0 Å². The molecule has 0 aliphatic heterocycles. The monoisotopic (exact) mass is 319 g/mol. The van der Waals surface area contributed by atoms with Crippen LogP contribution in [0.1, 0.15) is 18.9 Å². The summed E-state index contributed by atoms with van der Waals surface area (Å²) in [6, 6.07) is 4.91. The van der Waals surface area contributed by atoms with Gasteiger partial charge in [0.1, 0.15) is 5.82 Å². The van der Waals surface area contributed by atoms with Crippen molar-refractivity contribution in [1.29, 1.82) is 0 Å². The second-order valence-corrected chi connectivity index (χ2v) is 5.35. The summed E-state index contributed by atoms with van der Waals surface area (Å²) in [5, 5.41) is 13.1. The fourth-order valence-corrected chi connectivity index (χ4v) is 1.97. The Hall–Kier alpha value is -0.490. The van der Waals surface area contributed by atoms with Crippen molar-refractivity contribution in [2.75, 3.05) is 20.3 Å². The normalized spacial score (nSPS) is 14.5. The molecule has 0 amide bonds. The number of halogens is 2. The summed E-state index contributed by atoms with van der Waals surface area (Å²) in [4.78, 5) is 0. The van der Waals surface area contributed by atoms with E-state index in [-0.39, 0.29) is 5.82 Å². The van der Waals surface area contributed by atoms with E-state index >= 15 is 0 Å². The number of aliphatic hydroxyl groups is 1. The van der Waals surface area contributed by atoms with Crippen molar-refractivity contribution < 1.29 is 14.2 Å². The van der Waals surface area contributed by atoms with Gasteiger partial charge in [0, 0.05) is 33.2 Å². The third kappa shape index (κ3) is 5.02. The number of methoxy groups -OCH3 is 1. The number of rotatable bonds is 7. The van der Waals surface area contributed by atoms with E-state index in [1.54, 1.807) is 20.1 Å². The number of hydrogen-bond donors (Lipinski definition) is 2. The van der Waals surface area contributed by atoms with Crippen molar-refractivity contribution in [2.45, 2.75) is 25.5 Å². The summed E-state index contributed by atoms with van der Waals surface area (Å²) in [6.45, 7) is 3.19. The molecule has 1 aromatic rings. The molecular formula is C13H19BrFNO2. The lowest BCUT2D eigenvalue weighted by Gasteiger charge is -2.23. The Balaban J connectivity index is 2.44. The maximum absolute atomic E-state index is 13.3. The van der Waals surface area contributed by atoms with Crippen LogP contribution in [0.3, 0.4) is 0 Å². The van der Waals surface area contributed by atoms with Gasteiger partial charge in [-0.1, -0.05) is 12.1 Å². The molecule has 0 saturated heterocycles. The van der Waals surface area contributed by atoms with Gasteiger partial charge in [0.15, 0.2) is 0 Å². The smallest absolute Gasteiger partial charge is 0.137 e. The minimum Gasteiger partial charge on any atom is -0.389 e. The topological polar surface area (TPSA) is 41.5 Å². The van der Waals surface area contributed by atoms with Crippen LogP contribution in [0.2, 0.25) is 0 Å². The first kappa shape index (κ1) is 15.6. The zero-order valence-corrected chi connectivity index (χ0v) is 12.3. The lowest BCUT2D eigenvalue weighted by molar-refractivity contribution is 0.0247. The highest BCUT2D eigenvalue weighted by Crippen LogP contribution is 2.20. The van der Waals surface area contributed by atoms with Crippen molar-refractivity contribution in [1.82, 2.24) is 5.32 Å². The molecule has 2 N–H and O–H groups in total. The number of benzene rings is 1. The van der Waals surface area contributed by atoms with E-state index in [9.17, 15) is 9.50 Å². The quantitative estimate of drug-likeness (QED) is 0.811. The summed E-state index contributed by atoms with van der Waals surface area (Å²) >= 11 is 3.21. The molecule has 1 aromatic carbocycles. The third-order valence-electron chi connectivity index (χ3n) is 2.70. The van der Waals surface area contributed by atoms with Crippen molar-refractivity contribution in [2.24, 2.45) is 0 Å². The molecule has 3 nitrogen and oxygen atoms in total. The number of hydrogen-bond acceptors (Lipinski definition) is 3. The van der Waals surface area contributed by atoms with Crippen LogP contribution < -0.4 is 5.32 Å². The first-order valence-corrected chi connectivity index (χ1v) is 6.60. The Labute approximate surface area is 115 Å². The maximum Gasteiger partial charge on any atom is 0.137 e. The van der Waals surface area contributed by atoms with Gasteiger partial charge < -0.3 is 15.2 Å². The van der Waals surface area contributed by atoms with Crippen molar-refractivity contribution in [3.63, 3.8) is 0 Å². The fourth-order valence-electron chi connectivity index (χ4n) is 1.56. The SMILES string of the molecule is COCCC(C)(O)CNCc1cccc(F)c1Br. The Morgan fingerprint density at radius 3 is 2.89 bits per heavy atom. The molecule has 0 aliphatic rings. The average molecular weight is 320 g/mol.